The molecule has 0 bridgehead atoms. The van der Waals surface area contributed by atoms with Crippen molar-refractivity contribution < 1.29 is 9.59 Å². The van der Waals surface area contributed by atoms with Crippen LogP contribution in [0, 0.1) is 0 Å². The predicted octanol–water partition coefficient (Wildman–Crippen LogP) is 1.23. The van der Waals surface area contributed by atoms with Crippen LogP contribution in [-0.2, 0) is 9.59 Å². The van der Waals surface area contributed by atoms with Crippen molar-refractivity contribution in [3.63, 3.8) is 0 Å². The molecule has 116 valence electrons. The summed E-state index contributed by atoms with van der Waals surface area (Å²) in [5.74, 6) is -0.113. The Morgan fingerprint density at radius 3 is 2.45 bits per heavy atom. The zero-order chi connectivity index (χ0) is 15.1. The summed E-state index contributed by atoms with van der Waals surface area (Å²) in [7, 11) is 0. The first-order chi connectivity index (χ1) is 9.53. The Balaban J connectivity index is 2.31. The summed E-state index contributed by atoms with van der Waals surface area (Å²) in [4.78, 5) is 27.4. The van der Waals surface area contributed by atoms with Crippen molar-refractivity contribution in [2.45, 2.75) is 59.0 Å². The Kier molecular flexibility index (Phi) is 7.16. The first-order valence-electron chi connectivity index (χ1n) is 7.86. The summed E-state index contributed by atoms with van der Waals surface area (Å²) in [6, 6.07) is -0.0463. The number of amides is 2. The maximum atomic E-state index is 12.0. The Morgan fingerprint density at radius 1 is 1.30 bits per heavy atom. The molecule has 1 saturated heterocycles. The molecule has 1 aliphatic heterocycles. The van der Waals surface area contributed by atoms with Gasteiger partial charge >= 0.3 is 0 Å². The summed E-state index contributed by atoms with van der Waals surface area (Å²) >= 11 is 0. The van der Waals surface area contributed by atoms with Crippen LogP contribution in [0.3, 0.4) is 0 Å². The van der Waals surface area contributed by atoms with Gasteiger partial charge in [0, 0.05) is 12.6 Å². The summed E-state index contributed by atoms with van der Waals surface area (Å²) in [5, 5.41) is 3.30. The van der Waals surface area contributed by atoms with Crippen LogP contribution in [0.4, 0.5) is 0 Å². The van der Waals surface area contributed by atoms with Crippen molar-refractivity contribution in [1.29, 1.82) is 0 Å². The summed E-state index contributed by atoms with van der Waals surface area (Å²) in [5.41, 5.74) is 0. The van der Waals surface area contributed by atoms with Gasteiger partial charge in [0.15, 0.2) is 0 Å². The van der Waals surface area contributed by atoms with E-state index in [2.05, 4.69) is 31.0 Å². The molecular formula is C15H29N3O2. The first-order valence-corrected chi connectivity index (χ1v) is 7.86. The monoisotopic (exact) mass is 283 g/mol. The van der Waals surface area contributed by atoms with Gasteiger partial charge in [-0.3, -0.25) is 14.5 Å². The fourth-order valence-electron chi connectivity index (χ4n) is 2.73. The lowest BCUT2D eigenvalue weighted by atomic mass is 10.1. The third-order valence-electron chi connectivity index (χ3n) is 4.05. The third kappa shape index (κ3) is 4.56. The number of carbonyl (C=O) groups excluding carboxylic acids is 2. The molecule has 5 nitrogen and oxygen atoms in total. The second kappa shape index (κ2) is 8.37. The average molecular weight is 283 g/mol. The van der Waals surface area contributed by atoms with Crippen LogP contribution in [0.15, 0.2) is 0 Å². The number of likely N-dealkylation sites (tertiary alicyclic amines) is 1. The molecule has 0 aliphatic carbocycles. The van der Waals surface area contributed by atoms with E-state index >= 15 is 0 Å². The van der Waals surface area contributed by atoms with Gasteiger partial charge in [0.25, 0.3) is 0 Å². The van der Waals surface area contributed by atoms with Gasteiger partial charge in [-0.2, -0.15) is 0 Å². The lowest BCUT2D eigenvalue weighted by Crippen LogP contribution is -2.42. The SMILES string of the molecule is CCN(CC)CCCC(C)NC1CC(=O)N(CC)C1=O. The second-order valence-electron chi connectivity index (χ2n) is 5.47. The Labute approximate surface area is 122 Å². The normalized spacial score (nSPS) is 21.1. The zero-order valence-corrected chi connectivity index (χ0v) is 13.3. The topological polar surface area (TPSA) is 52.7 Å². The van der Waals surface area contributed by atoms with E-state index in [0.717, 1.165) is 32.5 Å². The molecule has 0 saturated carbocycles. The number of likely N-dealkylation sites (N-methyl/N-ethyl adjacent to an activating group) is 1. The van der Waals surface area contributed by atoms with Crippen LogP contribution in [-0.4, -0.2) is 59.9 Å². The number of imide groups is 1. The van der Waals surface area contributed by atoms with E-state index in [-0.39, 0.29) is 23.9 Å². The molecule has 1 fully saturated rings. The summed E-state index contributed by atoms with van der Waals surface area (Å²) in [6.07, 6.45) is 2.45. The van der Waals surface area contributed by atoms with Crippen molar-refractivity contribution in [2.75, 3.05) is 26.2 Å². The lowest BCUT2D eigenvalue weighted by molar-refractivity contribution is -0.138. The molecule has 0 aromatic rings. The van der Waals surface area contributed by atoms with E-state index in [4.69, 9.17) is 0 Å². The maximum absolute atomic E-state index is 12.0. The molecule has 1 heterocycles. The number of rotatable bonds is 9. The van der Waals surface area contributed by atoms with Crippen molar-refractivity contribution in [2.24, 2.45) is 0 Å². The van der Waals surface area contributed by atoms with Crippen molar-refractivity contribution >= 4 is 11.8 Å². The van der Waals surface area contributed by atoms with Gasteiger partial charge in [0.2, 0.25) is 11.8 Å². The summed E-state index contributed by atoms with van der Waals surface area (Å²) < 4.78 is 0. The first kappa shape index (κ1) is 17.1. The minimum absolute atomic E-state index is 0.0506. The maximum Gasteiger partial charge on any atom is 0.246 e. The average Bonchev–Trinajstić information content (AvgIpc) is 2.69. The number of nitrogens with one attached hydrogen (secondary N) is 1. The number of hydrogen-bond donors (Lipinski definition) is 1. The lowest BCUT2D eigenvalue weighted by Gasteiger charge is -2.21. The smallest absolute Gasteiger partial charge is 0.246 e. The van der Waals surface area contributed by atoms with Crippen LogP contribution in [0.25, 0.3) is 0 Å². The number of carbonyl (C=O) groups is 2. The molecular weight excluding hydrogens is 254 g/mol. The molecule has 0 spiro atoms. The van der Waals surface area contributed by atoms with Crippen LogP contribution in [0.5, 0.6) is 0 Å². The van der Waals surface area contributed by atoms with E-state index in [0.29, 0.717) is 13.0 Å². The highest BCUT2D eigenvalue weighted by Gasteiger charge is 2.37. The second-order valence-corrected chi connectivity index (χ2v) is 5.47. The fourth-order valence-corrected chi connectivity index (χ4v) is 2.73. The van der Waals surface area contributed by atoms with Crippen molar-refractivity contribution in [3.05, 3.63) is 0 Å². The Hall–Kier alpha value is -0.940. The minimum atomic E-state index is -0.314. The van der Waals surface area contributed by atoms with Gasteiger partial charge in [-0.1, -0.05) is 13.8 Å². The molecule has 0 aromatic carbocycles. The third-order valence-corrected chi connectivity index (χ3v) is 4.05. The number of nitrogens with zero attached hydrogens (tertiary/aromatic N) is 2. The van der Waals surface area contributed by atoms with E-state index in [1.807, 2.05) is 6.92 Å². The van der Waals surface area contributed by atoms with E-state index < -0.39 is 0 Å². The summed E-state index contributed by atoms with van der Waals surface area (Å²) in [6.45, 7) is 12.0. The Bertz CT molecular complexity index is 329. The molecule has 1 N–H and O–H groups in total. The van der Waals surface area contributed by atoms with Crippen molar-refractivity contribution in [1.82, 2.24) is 15.1 Å². The van der Waals surface area contributed by atoms with Crippen LogP contribution < -0.4 is 5.32 Å². The molecule has 0 aromatic heterocycles. The molecule has 5 heteroatoms. The van der Waals surface area contributed by atoms with E-state index in [9.17, 15) is 9.59 Å². The van der Waals surface area contributed by atoms with Gasteiger partial charge in [0.1, 0.15) is 0 Å². The minimum Gasteiger partial charge on any atom is -0.304 e. The molecule has 1 rings (SSSR count). The highest BCUT2D eigenvalue weighted by Crippen LogP contribution is 2.14. The van der Waals surface area contributed by atoms with Gasteiger partial charge in [-0.25, -0.2) is 0 Å². The molecule has 0 radical (unpaired) electrons. The predicted molar refractivity (Wildman–Crippen MR) is 80.4 cm³/mol. The molecule has 2 atom stereocenters. The Morgan fingerprint density at radius 2 is 1.95 bits per heavy atom. The fraction of sp³-hybridized carbons (Fsp3) is 0.867. The molecule has 2 amide bonds. The molecule has 1 aliphatic rings. The van der Waals surface area contributed by atoms with Crippen LogP contribution in [0.2, 0.25) is 0 Å². The van der Waals surface area contributed by atoms with Crippen LogP contribution >= 0.6 is 0 Å². The molecule has 2 unspecified atom stereocenters. The number of hydrogen-bond acceptors (Lipinski definition) is 4. The standard InChI is InChI=1S/C15H29N3O2/c1-5-17(6-2)10-8-9-12(4)16-13-11-14(19)18(7-3)15(13)20/h12-13,16H,5-11H2,1-4H3. The van der Waals surface area contributed by atoms with Gasteiger partial charge in [-0.05, 0) is 46.3 Å². The highest BCUT2D eigenvalue weighted by atomic mass is 16.2. The van der Waals surface area contributed by atoms with E-state index in [1.165, 1.54) is 4.90 Å². The zero-order valence-electron chi connectivity index (χ0n) is 13.3. The van der Waals surface area contributed by atoms with Gasteiger partial charge < -0.3 is 10.2 Å². The van der Waals surface area contributed by atoms with E-state index in [1.54, 1.807) is 0 Å². The van der Waals surface area contributed by atoms with Gasteiger partial charge in [0.05, 0.1) is 12.5 Å². The van der Waals surface area contributed by atoms with Crippen molar-refractivity contribution in [3.8, 4) is 0 Å². The quantitative estimate of drug-likeness (QED) is 0.647. The van der Waals surface area contributed by atoms with Gasteiger partial charge in [-0.15, -0.1) is 0 Å². The highest BCUT2D eigenvalue weighted by molar-refractivity contribution is 6.05. The largest absolute Gasteiger partial charge is 0.304 e. The molecule has 20 heavy (non-hydrogen) atoms. The van der Waals surface area contributed by atoms with Crippen LogP contribution in [0.1, 0.15) is 47.0 Å².